The molecule has 2 aliphatic heterocycles. The second-order valence-corrected chi connectivity index (χ2v) is 12.2. The lowest BCUT2D eigenvalue weighted by atomic mass is 9.95. The maximum Gasteiger partial charge on any atom is 0.326 e. The number of rotatable bonds is 8. The SMILES string of the molecule is COc1cc(-c2cccc(-c3cccc(NC(=O)C4CN(C)C(=O)N(C)C4=O)c3Cl)c2Cl)cc(F)c1CN1CCC(C(=O)O)CC1. The molecule has 242 valence electrons. The molecule has 13 heteroatoms. The highest BCUT2D eigenvalue weighted by atomic mass is 35.5. The Labute approximate surface area is 275 Å². The van der Waals surface area contributed by atoms with E-state index in [1.165, 1.54) is 32.2 Å². The molecule has 0 radical (unpaired) electrons. The van der Waals surface area contributed by atoms with E-state index >= 15 is 4.39 Å². The number of anilines is 1. The average molecular weight is 672 g/mol. The van der Waals surface area contributed by atoms with Gasteiger partial charge in [-0.3, -0.25) is 24.2 Å². The van der Waals surface area contributed by atoms with E-state index in [0.717, 1.165) is 4.90 Å². The van der Waals surface area contributed by atoms with Crippen molar-refractivity contribution in [1.29, 1.82) is 0 Å². The van der Waals surface area contributed by atoms with Crippen LogP contribution in [0.4, 0.5) is 14.9 Å². The number of hydrogen-bond acceptors (Lipinski definition) is 6. The zero-order valence-electron chi connectivity index (χ0n) is 25.5. The number of nitrogens with zero attached hydrogens (tertiary/aromatic N) is 3. The first kappa shape index (κ1) is 33.2. The lowest BCUT2D eigenvalue weighted by Crippen LogP contribution is -2.56. The first-order valence-corrected chi connectivity index (χ1v) is 15.4. The number of carbonyl (C=O) groups is 4. The molecule has 2 N–H and O–H groups in total. The van der Waals surface area contributed by atoms with Gasteiger partial charge in [-0.05, 0) is 49.7 Å². The van der Waals surface area contributed by atoms with Crippen LogP contribution in [0.3, 0.4) is 0 Å². The van der Waals surface area contributed by atoms with Crippen LogP contribution in [0.2, 0.25) is 10.0 Å². The second kappa shape index (κ2) is 13.7. The minimum Gasteiger partial charge on any atom is -0.496 e. The van der Waals surface area contributed by atoms with Crippen LogP contribution in [-0.2, 0) is 20.9 Å². The first-order valence-electron chi connectivity index (χ1n) is 14.6. The molecule has 2 saturated heterocycles. The number of piperidine rings is 1. The van der Waals surface area contributed by atoms with Crippen molar-refractivity contribution >= 4 is 52.7 Å². The van der Waals surface area contributed by atoms with Gasteiger partial charge in [-0.2, -0.15) is 0 Å². The minimum atomic E-state index is -1.11. The molecule has 0 spiro atoms. The van der Waals surface area contributed by atoms with Crippen LogP contribution < -0.4 is 10.1 Å². The minimum absolute atomic E-state index is 0.0684. The van der Waals surface area contributed by atoms with Gasteiger partial charge >= 0.3 is 12.0 Å². The second-order valence-electron chi connectivity index (χ2n) is 11.5. The number of aliphatic carboxylic acids is 1. The summed E-state index contributed by atoms with van der Waals surface area (Å²) in [7, 11) is 4.30. The Balaban J connectivity index is 1.40. The van der Waals surface area contributed by atoms with Crippen molar-refractivity contribution in [3.8, 4) is 28.0 Å². The zero-order valence-corrected chi connectivity index (χ0v) is 27.0. The van der Waals surface area contributed by atoms with Gasteiger partial charge in [0.25, 0.3) is 0 Å². The Morgan fingerprint density at radius 1 is 1.00 bits per heavy atom. The van der Waals surface area contributed by atoms with Gasteiger partial charge in [0.1, 0.15) is 17.5 Å². The van der Waals surface area contributed by atoms with Gasteiger partial charge in [0.15, 0.2) is 0 Å². The van der Waals surface area contributed by atoms with Crippen LogP contribution >= 0.6 is 23.2 Å². The van der Waals surface area contributed by atoms with Gasteiger partial charge in [-0.1, -0.05) is 53.5 Å². The van der Waals surface area contributed by atoms with E-state index in [9.17, 15) is 24.3 Å². The fourth-order valence-electron chi connectivity index (χ4n) is 5.89. The summed E-state index contributed by atoms with van der Waals surface area (Å²) in [6, 6.07) is 12.9. The van der Waals surface area contributed by atoms with E-state index in [4.69, 9.17) is 27.9 Å². The van der Waals surface area contributed by atoms with Gasteiger partial charge in [0.2, 0.25) is 11.8 Å². The molecule has 3 aromatic rings. The summed E-state index contributed by atoms with van der Waals surface area (Å²) in [5.74, 6) is -3.65. The van der Waals surface area contributed by atoms with Crippen molar-refractivity contribution in [3.05, 3.63) is 70.0 Å². The zero-order chi connectivity index (χ0) is 33.3. The molecule has 2 heterocycles. The molecule has 2 aliphatic rings. The van der Waals surface area contributed by atoms with Crippen molar-refractivity contribution < 1.29 is 33.4 Å². The van der Waals surface area contributed by atoms with Gasteiger partial charge < -0.3 is 20.1 Å². The predicted molar refractivity (Wildman–Crippen MR) is 172 cm³/mol. The Bertz CT molecular complexity index is 1710. The summed E-state index contributed by atoms with van der Waals surface area (Å²) in [5.41, 5.74) is 2.67. The molecular formula is C33H33Cl2FN4O6. The summed E-state index contributed by atoms with van der Waals surface area (Å²) in [5, 5.41) is 12.5. The van der Waals surface area contributed by atoms with Crippen LogP contribution in [0.5, 0.6) is 5.75 Å². The van der Waals surface area contributed by atoms with Crippen LogP contribution in [0.25, 0.3) is 22.3 Å². The Hall–Kier alpha value is -4.19. The van der Waals surface area contributed by atoms with Crippen LogP contribution in [0, 0.1) is 17.7 Å². The number of hydrogen-bond donors (Lipinski definition) is 2. The Kier molecular flexibility index (Phi) is 9.85. The number of urea groups is 1. The normalized spacial score (nSPS) is 17.7. The highest BCUT2D eigenvalue weighted by Gasteiger charge is 2.39. The third kappa shape index (κ3) is 6.53. The molecule has 0 bridgehead atoms. The molecule has 0 aromatic heterocycles. The van der Waals surface area contributed by atoms with Crippen LogP contribution in [-0.4, -0.2) is 84.5 Å². The van der Waals surface area contributed by atoms with E-state index in [2.05, 4.69) is 5.32 Å². The number of carboxylic acids is 1. The largest absolute Gasteiger partial charge is 0.496 e. The van der Waals surface area contributed by atoms with E-state index < -0.39 is 35.5 Å². The van der Waals surface area contributed by atoms with Crippen molar-refractivity contribution in [3.63, 3.8) is 0 Å². The van der Waals surface area contributed by atoms with Gasteiger partial charge in [0, 0.05) is 49.4 Å². The summed E-state index contributed by atoms with van der Waals surface area (Å²) >= 11 is 13.7. The van der Waals surface area contributed by atoms with Crippen molar-refractivity contribution in [2.24, 2.45) is 11.8 Å². The quantitative estimate of drug-likeness (QED) is 0.289. The maximum absolute atomic E-state index is 15.6. The van der Waals surface area contributed by atoms with Gasteiger partial charge in [0.05, 0.1) is 28.8 Å². The third-order valence-electron chi connectivity index (χ3n) is 8.56. The summed E-state index contributed by atoms with van der Waals surface area (Å²) in [6.07, 6.45) is 1.00. The molecule has 0 aliphatic carbocycles. The maximum atomic E-state index is 15.6. The molecule has 4 amide bonds. The number of ether oxygens (including phenoxy) is 1. The van der Waals surface area contributed by atoms with Crippen LogP contribution in [0.15, 0.2) is 48.5 Å². The topological polar surface area (TPSA) is 119 Å². The third-order valence-corrected chi connectivity index (χ3v) is 9.38. The smallest absolute Gasteiger partial charge is 0.326 e. The molecule has 3 aromatic carbocycles. The number of carbonyl (C=O) groups excluding carboxylic acids is 3. The number of halogens is 3. The van der Waals surface area contributed by atoms with E-state index in [-0.39, 0.29) is 29.7 Å². The fraction of sp³-hybridized carbons (Fsp3) is 0.333. The number of methoxy groups -OCH3 is 1. The number of nitrogens with one attached hydrogen (secondary N) is 1. The van der Waals surface area contributed by atoms with E-state index in [1.54, 1.807) is 42.5 Å². The summed E-state index contributed by atoms with van der Waals surface area (Å²) < 4.78 is 21.2. The monoisotopic (exact) mass is 670 g/mol. The van der Waals surface area contributed by atoms with E-state index in [1.807, 2.05) is 4.90 Å². The summed E-state index contributed by atoms with van der Waals surface area (Å²) in [4.78, 5) is 53.4. The highest BCUT2D eigenvalue weighted by molar-refractivity contribution is 6.39. The van der Waals surface area contributed by atoms with E-state index in [0.29, 0.717) is 64.5 Å². The number of amides is 4. The number of carboxylic acid groups (broad SMARTS) is 1. The van der Waals surface area contributed by atoms with Gasteiger partial charge in [-0.15, -0.1) is 0 Å². The first-order chi connectivity index (χ1) is 21.9. The predicted octanol–water partition coefficient (Wildman–Crippen LogP) is 5.85. The number of imide groups is 1. The van der Waals surface area contributed by atoms with Crippen molar-refractivity contribution in [1.82, 2.24) is 14.7 Å². The number of benzene rings is 3. The molecule has 5 rings (SSSR count). The van der Waals surface area contributed by atoms with Gasteiger partial charge in [-0.25, -0.2) is 9.18 Å². The van der Waals surface area contributed by atoms with Crippen molar-refractivity contribution in [2.75, 3.05) is 46.2 Å². The lowest BCUT2D eigenvalue weighted by molar-refractivity contribution is -0.143. The molecule has 1 atom stereocenters. The standard InChI is InChI=1S/C33H33Cl2FN4O6/c1-38-16-24(31(42)39(2)33(38)45)30(41)37-26-9-5-8-22(29(26)35)21-7-4-6-20(28(21)34)19-14-25(36)23(27(15-19)46-3)17-40-12-10-18(11-13-40)32(43)44/h4-9,14-15,18,24H,10-13,16-17H2,1-3H3,(H,37,41)(H,43,44). The van der Waals surface area contributed by atoms with Crippen LogP contribution in [0.1, 0.15) is 18.4 Å². The molecule has 2 fully saturated rings. The summed E-state index contributed by atoms with van der Waals surface area (Å²) in [6.45, 7) is 1.29. The fourth-order valence-corrected chi connectivity index (χ4v) is 6.50. The van der Waals surface area contributed by atoms with Crippen molar-refractivity contribution in [2.45, 2.75) is 19.4 Å². The number of likely N-dealkylation sites (tertiary alicyclic amines) is 1. The molecular weight excluding hydrogens is 638 g/mol. The lowest BCUT2D eigenvalue weighted by Gasteiger charge is -2.33. The Morgan fingerprint density at radius 2 is 1.63 bits per heavy atom. The molecule has 1 unspecified atom stereocenters. The average Bonchev–Trinajstić information content (AvgIpc) is 3.04. The Morgan fingerprint density at radius 3 is 2.28 bits per heavy atom. The molecule has 10 nitrogen and oxygen atoms in total. The highest BCUT2D eigenvalue weighted by Crippen LogP contribution is 2.43. The molecule has 0 saturated carbocycles. The molecule has 46 heavy (non-hydrogen) atoms.